The number of anilines is 2. The molecule has 0 unspecified atom stereocenters. The Morgan fingerprint density at radius 2 is 0.789 bits per heavy atom. The molecule has 12 heteroatoms. The molecule has 12 nitrogen and oxygen atoms in total. The number of benzene rings is 3. The van der Waals surface area contributed by atoms with Crippen LogP contribution in [0, 0.1) is 11.8 Å². The third kappa shape index (κ3) is 30.4. The zero-order valence-corrected chi connectivity index (χ0v) is 74.5. The summed E-state index contributed by atoms with van der Waals surface area (Å²) < 4.78 is 17.7. The van der Waals surface area contributed by atoms with Crippen molar-refractivity contribution in [2.45, 2.75) is 329 Å². The van der Waals surface area contributed by atoms with Crippen LogP contribution < -0.4 is 24.4 Å². The van der Waals surface area contributed by atoms with Gasteiger partial charge in [0.2, 0.25) is 5.88 Å². The van der Waals surface area contributed by atoms with Gasteiger partial charge >= 0.3 is 0 Å². The molecule has 0 spiro atoms. The molecule has 6 aliphatic rings. The number of aromatic nitrogens is 5. The molecule has 1 N–H and O–H groups in total. The highest BCUT2D eigenvalue weighted by Crippen LogP contribution is 2.36. The van der Waals surface area contributed by atoms with Crippen LogP contribution in [0.15, 0.2) is 171 Å². The number of nitrogens with zero attached hydrogens (tertiary/aromatic N) is 8. The van der Waals surface area contributed by atoms with Gasteiger partial charge in [0.05, 0.1) is 7.11 Å². The molecule has 8 aromatic rings. The van der Waals surface area contributed by atoms with Gasteiger partial charge in [-0.2, -0.15) is 4.98 Å². The van der Waals surface area contributed by atoms with Crippen molar-refractivity contribution >= 4 is 11.6 Å². The SMILES string of the molecule is CC(C)(C)c1ccc(OC2CCN(Cc3ccccc3)CC2)cc1.CC(C)(C)c1ccc(OC2CCN(Cc3ccncc3)CC2)cc1.CC(C)(C)c1ccnc(CC2CCCC2)c1.CC(C)(C)c1ccnc(CC2CCCCC2)c1.CN(c1cc(C(C)(C)C)ccn1)C1CCC1.COc1cc(C(C)(C)C)cc(NC2CCC2)n1. The van der Waals surface area contributed by atoms with E-state index in [4.69, 9.17) is 14.2 Å². The summed E-state index contributed by atoms with van der Waals surface area (Å²) >= 11 is 0. The number of nitrogens with one attached hydrogen (secondary N) is 1. The van der Waals surface area contributed by atoms with E-state index in [1.165, 1.54) is 165 Å². The minimum atomic E-state index is 0.117. The number of hydrogen-bond donors (Lipinski definition) is 1. The van der Waals surface area contributed by atoms with Crippen LogP contribution in [0.25, 0.3) is 0 Å². The summed E-state index contributed by atoms with van der Waals surface area (Å²) in [5.41, 5.74) is 14.7. The topological polar surface area (TPSA) is 114 Å². The molecule has 5 aromatic heterocycles. The second-order valence-electron chi connectivity index (χ2n) is 39.9. The van der Waals surface area contributed by atoms with Gasteiger partial charge in [-0.05, 0) is 245 Å². The molecule has 0 radical (unpaired) electrons. The van der Waals surface area contributed by atoms with Gasteiger partial charge in [0, 0.05) is 107 Å². The maximum absolute atomic E-state index is 6.19. The Bertz CT molecular complexity index is 3930. The molecular weight excluding hydrogens is 1400 g/mol. The van der Waals surface area contributed by atoms with Crippen LogP contribution in [0.5, 0.6) is 17.4 Å². The van der Waals surface area contributed by atoms with E-state index in [1.807, 2.05) is 37.1 Å². The molecule has 6 fully saturated rings. The van der Waals surface area contributed by atoms with Crippen LogP contribution in [0.3, 0.4) is 0 Å². The van der Waals surface area contributed by atoms with E-state index >= 15 is 0 Å². The number of rotatable bonds is 17. The number of hydrogen-bond acceptors (Lipinski definition) is 12. The number of likely N-dealkylation sites (tertiary alicyclic amines) is 2. The van der Waals surface area contributed by atoms with E-state index in [1.54, 1.807) is 7.11 Å². The Morgan fingerprint density at radius 3 is 1.18 bits per heavy atom. The van der Waals surface area contributed by atoms with Gasteiger partial charge < -0.3 is 24.4 Å². The molecule has 0 amide bonds. The normalized spacial score (nSPS) is 17.2. The van der Waals surface area contributed by atoms with Gasteiger partial charge in [0.15, 0.2) is 0 Å². The minimum Gasteiger partial charge on any atom is -0.490 e. The van der Waals surface area contributed by atoms with E-state index in [-0.39, 0.29) is 32.5 Å². The summed E-state index contributed by atoms with van der Waals surface area (Å²) in [5.74, 6) is 6.53. The van der Waals surface area contributed by atoms with Crippen LogP contribution in [0.1, 0.15) is 303 Å². The molecule has 4 aliphatic carbocycles. The van der Waals surface area contributed by atoms with Crippen LogP contribution in [-0.4, -0.2) is 99.3 Å². The number of pyridine rings is 5. The Balaban J connectivity index is 0.000000158. The Kier molecular flexibility index (Phi) is 33.6. The number of piperidine rings is 2. The molecule has 620 valence electrons. The lowest BCUT2D eigenvalue weighted by Crippen LogP contribution is -2.37. The summed E-state index contributed by atoms with van der Waals surface area (Å²) in [4.78, 5) is 29.4. The molecule has 0 bridgehead atoms. The van der Waals surface area contributed by atoms with Gasteiger partial charge in [0.1, 0.15) is 35.3 Å². The highest BCUT2D eigenvalue weighted by Gasteiger charge is 2.28. The first kappa shape index (κ1) is 90.2. The molecule has 2 saturated heterocycles. The fourth-order valence-electron chi connectivity index (χ4n) is 15.6. The zero-order valence-electron chi connectivity index (χ0n) is 74.5. The molecular formula is C102H149N9O3. The van der Waals surface area contributed by atoms with Crippen molar-refractivity contribution < 1.29 is 14.2 Å². The average Bonchev–Trinajstić information content (AvgIpc) is 0.917. The first-order valence-corrected chi connectivity index (χ1v) is 43.9. The van der Waals surface area contributed by atoms with E-state index in [9.17, 15) is 0 Å². The second-order valence-corrected chi connectivity index (χ2v) is 39.9. The summed E-state index contributed by atoms with van der Waals surface area (Å²) in [6.45, 7) is 46.9. The van der Waals surface area contributed by atoms with Crippen molar-refractivity contribution in [3.8, 4) is 17.4 Å². The van der Waals surface area contributed by atoms with Gasteiger partial charge in [0.25, 0.3) is 0 Å². The quantitative estimate of drug-likeness (QED) is 0.0936. The van der Waals surface area contributed by atoms with E-state index in [2.05, 4.69) is 310 Å². The van der Waals surface area contributed by atoms with Crippen LogP contribution in [0.4, 0.5) is 11.6 Å². The Morgan fingerprint density at radius 1 is 0.386 bits per heavy atom. The number of ether oxygens (including phenoxy) is 3. The largest absolute Gasteiger partial charge is 0.490 e. The molecule has 0 atom stereocenters. The van der Waals surface area contributed by atoms with E-state index in [0.717, 1.165) is 99.9 Å². The first-order valence-electron chi connectivity index (χ1n) is 43.9. The number of methoxy groups -OCH3 is 1. The molecule has 14 rings (SSSR count). The lowest BCUT2D eigenvalue weighted by molar-refractivity contribution is 0.0967. The molecule has 2 aliphatic heterocycles. The fourth-order valence-corrected chi connectivity index (χ4v) is 15.6. The molecule has 3 aromatic carbocycles. The summed E-state index contributed by atoms with van der Waals surface area (Å²) in [5, 5.41) is 3.47. The van der Waals surface area contributed by atoms with Crippen molar-refractivity contribution in [1.82, 2.24) is 34.7 Å². The summed E-state index contributed by atoms with van der Waals surface area (Å²) in [7, 11) is 3.83. The zero-order chi connectivity index (χ0) is 82.1. The van der Waals surface area contributed by atoms with Gasteiger partial charge in [-0.1, -0.05) is 237 Å². The van der Waals surface area contributed by atoms with Crippen molar-refractivity contribution in [2.24, 2.45) is 11.8 Å². The maximum atomic E-state index is 6.19. The average molecular weight is 1550 g/mol. The fraction of sp³-hybridized carbons (Fsp3) is 0.578. The lowest BCUT2D eigenvalue weighted by Gasteiger charge is -2.36. The third-order valence-electron chi connectivity index (χ3n) is 24.0. The van der Waals surface area contributed by atoms with Crippen molar-refractivity contribution in [1.29, 1.82) is 0 Å². The first-order chi connectivity index (χ1) is 54.1. The van der Waals surface area contributed by atoms with Gasteiger partial charge in [-0.3, -0.25) is 24.8 Å². The summed E-state index contributed by atoms with van der Waals surface area (Å²) in [6, 6.07) is 50.9. The maximum Gasteiger partial charge on any atom is 0.215 e. The monoisotopic (exact) mass is 1550 g/mol. The van der Waals surface area contributed by atoms with Crippen molar-refractivity contribution in [3.05, 3.63) is 226 Å². The smallest absolute Gasteiger partial charge is 0.215 e. The highest BCUT2D eigenvalue weighted by atomic mass is 16.5. The minimum absolute atomic E-state index is 0.117. The lowest BCUT2D eigenvalue weighted by atomic mass is 9.84. The van der Waals surface area contributed by atoms with E-state index < -0.39 is 0 Å². The van der Waals surface area contributed by atoms with Crippen LogP contribution in [0.2, 0.25) is 0 Å². The Labute approximate surface area is 692 Å². The van der Waals surface area contributed by atoms with E-state index in [0.29, 0.717) is 30.2 Å². The molecule has 114 heavy (non-hydrogen) atoms. The molecule has 7 heterocycles. The summed E-state index contributed by atoms with van der Waals surface area (Å²) in [6.07, 6.45) is 37.6. The standard InChI is InChI=1S/C22H29NO.C21H28N2O.C16H25N.C15H23N.C14H22N2O.C14H22N2/c1-22(2,3)19-9-11-20(12-10-19)24-21-13-15-23(16-14-21)17-18-7-5-4-6-8-18;1-21(2,3)18-4-6-19(7-5-18)24-20-10-14-23(15-11-20)16-17-8-12-22-13-9-17;1-16(2,3)14-9-10-17-15(12-14)11-13-7-5-4-6-8-13;1-15(2,3)13-8-9-16-14(11-13)10-12-6-4-5-7-12;1-14(2,3)10-8-12(15-11-6-5-7-11)16-13(9-10)17-4;1-14(2,3)11-8-9-15-13(10-11)16(4)12-6-5-7-12/h4-12,21H,13-17H2,1-3H3;4-9,12-13,20H,10-11,14-16H2,1-3H3;9-10,12-13H,4-8,11H2,1-3H3;8-9,11-12H,4-7,10H2,1-3H3;8-9,11H,5-7H2,1-4H3,(H,15,16);8-10,12H,5-7H2,1-4H3. The van der Waals surface area contributed by atoms with Crippen LogP contribution >= 0.6 is 0 Å². The van der Waals surface area contributed by atoms with Gasteiger partial charge in [-0.25, -0.2) is 4.98 Å². The van der Waals surface area contributed by atoms with Crippen molar-refractivity contribution in [2.75, 3.05) is 50.6 Å². The molecule has 4 saturated carbocycles. The third-order valence-corrected chi connectivity index (χ3v) is 24.0. The second kappa shape index (κ2) is 42.5. The van der Waals surface area contributed by atoms with Crippen molar-refractivity contribution in [3.63, 3.8) is 0 Å². The predicted molar refractivity (Wildman–Crippen MR) is 480 cm³/mol. The van der Waals surface area contributed by atoms with Crippen LogP contribution in [-0.2, 0) is 58.4 Å². The van der Waals surface area contributed by atoms with Gasteiger partial charge in [-0.15, -0.1) is 0 Å². The Hall–Kier alpha value is -7.67. The predicted octanol–water partition coefficient (Wildman–Crippen LogP) is 24.8. The highest BCUT2D eigenvalue weighted by molar-refractivity contribution is 5.46.